The van der Waals surface area contributed by atoms with Crippen molar-refractivity contribution < 1.29 is 4.74 Å². The van der Waals surface area contributed by atoms with E-state index >= 15 is 0 Å². The van der Waals surface area contributed by atoms with Crippen LogP contribution in [0.25, 0.3) is 11.3 Å². The van der Waals surface area contributed by atoms with Gasteiger partial charge < -0.3 is 10.6 Å². The van der Waals surface area contributed by atoms with Crippen molar-refractivity contribution in [1.82, 2.24) is 9.89 Å². The summed E-state index contributed by atoms with van der Waals surface area (Å²) in [6.45, 7) is 0.677. The molecule has 0 spiro atoms. The van der Waals surface area contributed by atoms with Crippen LogP contribution in [0.2, 0.25) is 10.0 Å². The SMILES string of the molecule is Nn1ccc(-c2cc(Cl)c(OCC3CC3)c(Cl)c2)n1. The minimum atomic E-state index is 0.495. The molecular weight excluding hydrogens is 285 g/mol. The van der Waals surface area contributed by atoms with Gasteiger partial charge in [0.1, 0.15) is 0 Å². The largest absolute Gasteiger partial charge is 0.490 e. The van der Waals surface area contributed by atoms with Gasteiger partial charge in [-0.15, -0.1) is 0 Å². The molecule has 0 amide bonds. The van der Waals surface area contributed by atoms with Crippen molar-refractivity contribution >= 4 is 23.2 Å². The molecule has 0 aliphatic heterocycles. The highest BCUT2D eigenvalue weighted by Gasteiger charge is 2.23. The van der Waals surface area contributed by atoms with Gasteiger partial charge in [-0.2, -0.15) is 9.89 Å². The zero-order valence-corrected chi connectivity index (χ0v) is 11.7. The molecule has 0 unspecified atom stereocenters. The summed E-state index contributed by atoms with van der Waals surface area (Å²) in [6.07, 6.45) is 4.11. The smallest absolute Gasteiger partial charge is 0.156 e. The Morgan fingerprint density at radius 1 is 1.32 bits per heavy atom. The highest BCUT2D eigenvalue weighted by atomic mass is 35.5. The van der Waals surface area contributed by atoms with Crippen LogP contribution in [0.4, 0.5) is 0 Å². The number of nitrogen functional groups attached to an aromatic ring is 1. The minimum Gasteiger partial charge on any atom is -0.490 e. The highest BCUT2D eigenvalue weighted by Crippen LogP contribution is 2.38. The normalized spacial score (nSPS) is 14.6. The van der Waals surface area contributed by atoms with Gasteiger partial charge in [-0.05, 0) is 37.0 Å². The number of halogens is 2. The van der Waals surface area contributed by atoms with Gasteiger partial charge in [0.05, 0.1) is 22.3 Å². The minimum absolute atomic E-state index is 0.495. The summed E-state index contributed by atoms with van der Waals surface area (Å²) in [7, 11) is 0. The monoisotopic (exact) mass is 297 g/mol. The van der Waals surface area contributed by atoms with Gasteiger partial charge in [0.25, 0.3) is 0 Å². The molecule has 1 saturated carbocycles. The molecule has 19 heavy (non-hydrogen) atoms. The van der Waals surface area contributed by atoms with Crippen molar-refractivity contribution in [3.8, 4) is 17.0 Å². The summed E-state index contributed by atoms with van der Waals surface area (Å²) in [6, 6.07) is 5.38. The predicted octanol–water partition coefficient (Wildman–Crippen LogP) is 3.36. The van der Waals surface area contributed by atoms with Gasteiger partial charge in [0.15, 0.2) is 5.75 Å². The topological polar surface area (TPSA) is 53.1 Å². The molecular formula is C13H13Cl2N3O. The molecule has 2 aromatic rings. The first-order chi connectivity index (χ1) is 9.13. The Bertz CT molecular complexity index is 585. The molecule has 2 N–H and O–H groups in total. The van der Waals surface area contributed by atoms with Gasteiger partial charge in [0, 0.05) is 11.8 Å². The van der Waals surface area contributed by atoms with E-state index in [4.69, 9.17) is 33.8 Å². The van der Waals surface area contributed by atoms with Gasteiger partial charge >= 0.3 is 0 Å². The molecule has 1 heterocycles. The fourth-order valence-corrected chi connectivity index (χ4v) is 2.42. The number of hydrogen-bond donors (Lipinski definition) is 1. The van der Waals surface area contributed by atoms with E-state index in [1.54, 1.807) is 24.4 Å². The lowest BCUT2D eigenvalue weighted by Gasteiger charge is -2.10. The maximum Gasteiger partial charge on any atom is 0.156 e. The van der Waals surface area contributed by atoms with Crippen molar-refractivity contribution in [2.45, 2.75) is 12.8 Å². The molecule has 100 valence electrons. The van der Waals surface area contributed by atoms with Crippen LogP contribution in [0.15, 0.2) is 24.4 Å². The van der Waals surface area contributed by atoms with Gasteiger partial charge in [-0.3, -0.25) is 0 Å². The van der Waals surface area contributed by atoms with Crippen LogP contribution in [0, 0.1) is 5.92 Å². The number of nitrogens with zero attached hydrogens (tertiary/aromatic N) is 2. The van der Waals surface area contributed by atoms with Crippen molar-refractivity contribution in [2.24, 2.45) is 5.92 Å². The summed E-state index contributed by atoms with van der Waals surface area (Å²) in [4.78, 5) is 1.24. The predicted molar refractivity (Wildman–Crippen MR) is 76.1 cm³/mol. The van der Waals surface area contributed by atoms with Gasteiger partial charge in [0.2, 0.25) is 0 Å². The third-order valence-electron chi connectivity index (χ3n) is 3.06. The van der Waals surface area contributed by atoms with E-state index in [9.17, 15) is 0 Å². The number of benzene rings is 1. The third-order valence-corrected chi connectivity index (χ3v) is 3.62. The molecule has 0 saturated heterocycles. The molecule has 1 aromatic carbocycles. The molecule has 3 rings (SSSR count). The van der Waals surface area contributed by atoms with E-state index in [1.807, 2.05) is 0 Å². The molecule has 1 aliphatic carbocycles. The molecule has 1 fully saturated rings. The van der Waals surface area contributed by atoms with Gasteiger partial charge in [-0.25, -0.2) is 0 Å². The molecule has 0 atom stereocenters. The number of nitrogens with two attached hydrogens (primary N) is 1. The first-order valence-corrected chi connectivity index (χ1v) is 6.82. The average Bonchev–Trinajstić information content (AvgIpc) is 3.08. The van der Waals surface area contributed by atoms with E-state index < -0.39 is 0 Å². The second-order valence-electron chi connectivity index (χ2n) is 4.70. The Kier molecular flexibility index (Phi) is 3.29. The van der Waals surface area contributed by atoms with E-state index in [0.717, 1.165) is 11.3 Å². The standard InChI is InChI=1S/C13H13Cl2N3O/c14-10-5-9(12-3-4-18(16)17-12)6-11(15)13(10)19-7-8-1-2-8/h3-6,8H,1-2,7,16H2. The Labute approximate surface area is 121 Å². The molecule has 0 radical (unpaired) electrons. The zero-order chi connectivity index (χ0) is 13.4. The summed E-state index contributed by atoms with van der Waals surface area (Å²) in [5, 5.41) is 5.10. The number of rotatable bonds is 4. The van der Waals surface area contributed by atoms with Crippen molar-refractivity contribution in [2.75, 3.05) is 12.4 Å². The molecule has 0 bridgehead atoms. The van der Waals surface area contributed by atoms with E-state index in [-0.39, 0.29) is 0 Å². The first-order valence-electron chi connectivity index (χ1n) is 6.06. The second-order valence-corrected chi connectivity index (χ2v) is 5.52. The molecule has 6 heteroatoms. The Balaban J connectivity index is 1.87. The quantitative estimate of drug-likeness (QED) is 0.881. The maximum absolute atomic E-state index is 6.22. The summed E-state index contributed by atoms with van der Waals surface area (Å²) in [5.41, 5.74) is 1.54. The summed E-state index contributed by atoms with van der Waals surface area (Å²) in [5.74, 6) is 6.72. The van der Waals surface area contributed by atoms with Crippen LogP contribution in [0.3, 0.4) is 0 Å². The van der Waals surface area contributed by atoms with E-state index in [2.05, 4.69) is 5.10 Å². The average molecular weight is 298 g/mol. The van der Waals surface area contributed by atoms with E-state index in [0.29, 0.717) is 28.3 Å². The lowest BCUT2D eigenvalue weighted by atomic mass is 10.1. The van der Waals surface area contributed by atoms with Crippen LogP contribution in [0.5, 0.6) is 5.75 Å². The van der Waals surface area contributed by atoms with E-state index in [1.165, 1.54) is 17.6 Å². The summed E-state index contributed by atoms with van der Waals surface area (Å²) < 4.78 is 5.67. The van der Waals surface area contributed by atoms with Crippen molar-refractivity contribution in [1.29, 1.82) is 0 Å². The fraction of sp³-hybridized carbons (Fsp3) is 0.308. The lowest BCUT2D eigenvalue weighted by molar-refractivity contribution is 0.300. The van der Waals surface area contributed by atoms with Crippen LogP contribution in [0.1, 0.15) is 12.8 Å². The molecule has 1 aromatic heterocycles. The summed E-state index contributed by atoms with van der Waals surface area (Å²) >= 11 is 12.4. The van der Waals surface area contributed by atoms with Crippen LogP contribution < -0.4 is 10.6 Å². The van der Waals surface area contributed by atoms with Crippen LogP contribution in [-0.4, -0.2) is 16.5 Å². The Morgan fingerprint density at radius 2 is 2.00 bits per heavy atom. The fourth-order valence-electron chi connectivity index (χ4n) is 1.82. The van der Waals surface area contributed by atoms with Crippen molar-refractivity contribution in [3.05, 3.63) is 34.4 Å². The highest BCUT2D eigenvalue weighted by molar-refractivity contribution is 6.37. The Morgan fingerprint density at radius 3 is 2.53 bits per heavy atom. The van der Waals surface area contributed by atoms with Gasteiger partial charge in [-0.1, -0.05) is 23.2 Å². The zero-order valence-electron chi connectivity index (χ0n) is 10.1. The number of aromatic nitrogens is 2. The van der Waals surface area contributed by atoms with Crippen LogP contribution >= 0.6 is 23.2 Å². The maximum atomic E-state index is 6.22. The molecule has 1 aliphatic rings. The third kappa shape index (κ3) is 2.80. The first kappa shape index (κ1) is 12.6. The van der Waals surface area contributed by atoms with Crippen LogP contribution in [-0.2, 0) is 0 Å². The Hall–Kier alpha value is -1.39. The van der Waals surface area contributed by atoms with Crippen molar-refractivity contribution in [3.63, 3.8) is 0 Å². The molecule has 4 nitrogen and oxygen atoms in total. The number of hydrogen-bond acceptors (Lipinski definition) is 3. The second kappa shape index (κ2) is 4.94. The lowest BCUT2D eigenvalue weighted by Crippen LogP contribution is -2.07. The number of ether oxygens (including phenoxy) is 1.